The zero-order chi connectivity index (χ0) is 9.31. The van der Waals surface area contributed by atoms with Crippen molar-refractivity contribution in [3.63, 3.8) is 0 Å². The first kappa shape index (κ1) is 12.0. The molecule has 14 heavy (non-hydrogen) atoms. The molecule has 0 unspecified atom stereocenters. The first-order chi connectivity index (χ1) is 6.21. The summed E-state index contributed by atoms with van der Waals surface area (Å²) in [7, 11) is 0. The van der Waals surface area contributed by atoms with E-state index in [1.807, 2.05) is 0 Å². The molecule has 2 rings (SSSR count). The maximum Gasteiger partial charge on any atom is 0.0848 e. The molecule has 2 heteroatoms. The molecule has 0 amide bonds. The monoisotopic (exact) mass is 240 g/mol. The Kier molecular flexibility index (Phi) is 4.00. The van der Waals surface area contributed by atoms with Gasteiger partial charge in [-0.05, 0) is 30.9 Å². The van der Waals surface area contributed by atoms with Gasteiger partial charge in [0.1, 0.15) is 0 Å². The van der Waals surface area contributed by atoms with Gasteiger partial charge in [0.2, 0.25) is 0 Å². The van der Waals surface area contributed by atoms with E-state index < -0.39 is 0 Å². The summed E-state index contributed by atoms with van der Waals surface area (Å²) in [4.78, 5) is -0.271. The summed E-state index contributed by atoms with van der Waals surface area (Å²) in [6.45, 7) is 2.09. The first-order valence-corrected chi connectivity index (χ1v) is 5.00. The summed E-state index contributed by atoms with van der Waals surface area (Å²) < 4.78 is 0. The first-order valence-electron chi connectivity index (χ1n) is 4.62. The van der Waals surface area contributed by atoms with E-state index in [0.29, 0.717) is 0 Å². The van der Waals surface area contributed by atoms with Gasteiger partial charge in [-0.1, -0.05) is 36.5 Å². The molecule has 0 aliphatic heterocycles. The normalized spacial score (nSPS) is 19.3. The van der Waals surface area contributed by atoms with Crippen molar-refractivity contribution in [1.82, 2.24) is 0 Å². The van der Waals surface area contributed by atoms with Crippen molar-refractivity contribution < 1.29 is 21.7 Å². The molecule has 0 aromatic heterocycles. The molecule has 0 nitrogen and oxygen atoms in total. The zero-order valence-electron chi connectivity index (χ0n) is 8.26. The van der Waals surface area contributed by atoms with E-state index in [1.165, 1.54) is 11.1 Å². The van der Waals surface area contributed by atoms with Crippen LogP contribution in [-0.4, -0.2) is 4.87 Å². The van der Waals surface area contributed by atoms with Crippen LogP contribution in [0.1, 0.15) is 19.8 Å². The molecule has 0 radical (unpaired) electrons. The molecular formula is C12H13ClTi. The second-order valence-electron chi connectivity index (χ2n) is 3.65. The number of rotatable bonds is 2. The summed E-state index contributed by atoms with van der Waals surface area (Å²) in [5, 5.41) is 0. The van der Waals surface area contributed by atoms with Crippen LogP contribution in [0.3, 0.4) is 0 Å². The average Bonchev–Trinajstić information content (AvgIpc) is 2.78. The second kappa shape index (κ2) is 4.66. The van der Waals surface area contributed by atoms with Gasteiger partial charge in [-0.25, -0.2) is 0 Å². The predicted octanol–water partition coefficient (Wildman–Crippen LogP) is 3.75. The van der Waals surface area contributed by atoms with Gasteiger partial charge in [-0.15, -0.1) is 11.6 Å². The Morgan fingerprint density at radius 2 is 1.50 bits per heavy atom. The smallest absolute Gasteiger partial charge is 0.0848 e. The molecule has 0 saturated carbocycles. The minimum atomic E-state index is -0.271. The Bertz CT molecular complexity index is 300. The van der Waals surface area contributed by atoms with E-state index in [4.69, 9.17) is 11.6 Å². The Morgan fingerprint density at radius 3 is 1.79 bits per heavy atom. The van der Waals surface area contributed by atoms with Gasteiger partial charge in [0, 0.05) is 21.7 Å². The van der Waals surface area contributed by atoms with Gasteiger partial charge in [-0.3, -0.25) is 0 Å². The Labute approximate surface area is 105 Å². The summed E-state index contributed by atoms with van der Waals surface area (Å²) >= 11 is 6.53. The van der Waals surface area contributed by atoms with Crippen molar-refractivity contribution in [3.8, 4) is 0 Å². The molecule has 0 atom stereocenters. The topological polar surface area (TPSA) is 0 Å². The molecule has 0 N–H and O–H groups in total. The van der Waals surface area contributed by atoms with Gasteiger partial charge < -0.3 is 0 Å². The fourth-order valence-electron chi connectivity index (χ4n) is 1.80. The van der Waals surface area contributed by atoms with Crippen molar-refractivity contribution in [3.05, 3.63) is 47.6 Å². The predicted molar refractivity (Wildman–Crippen MR) is 57.9 cm³/mol. The van der Waals surface area contributed by atoms with E-state index in [9.17, 15) is 0 Å². The summed E-state index contributed by atoms with van der Waals surface area (Å²) in [6, 6.07) is 0. The quantitative estimate of drug-likeness (QED) is 0.509. The molecule has 0 aromatic carbocycles. The van der Waals surface area contributed by atoms with Crippen molar-refractivity contribution in [2.45, 2.75) is 24.6 Å². The fourth-order valence-corrected chi connectivity index (χ4v) is 2.08. The minimum absolute atomic E-state index is 0. The standard InChI is InChI=1S/C12H13Cl.Ti/c1-12(13,10-6-2-3-7-10)11-8-4-5-9-11;/h2-6,8H,7,9H2,1H3;. The fraction of sp³-hybridized carbons (Fsp3) is 0.333. The number of allylic oxidation sites excluding steroid dienone is 8. The van der Waals surface area contributed by atoms with Crippen LogP contribution >= 0.6 is 11.6 Å². The third kappa shape index (κ3) is 2.13. The molecule has 72 valence electrons. The zero-order valence-corrected chi connectivity index (χ0v) is 10.6. The van der Waals surface area contributed by atoms with Crippen LogP contribution in [0.15, 0.2) is 47.6 Å². The molecule has 0 heterocycles. The Balaban J connectivity index is 0.000000980. The molecule has 0 saturated heterocycles. The van der Waals surface area contributed by atoms with Crippen LogP contribution in [0, 0.1) is 0 Å². The SMILES string of the molecule is CC(Cl)(C1=CC=CC1)C1=CC=CC1.[Ti]. The average molecular weight is 241 g/mol. The van der Waals surface area contributed by atoms with Gasteiger partial charge in [0.25, 0.3) is 0 Å². The summed E-state index contributed by atoms with van der Waals surface area (Å²) in [5.41, 5.74) is 2.62. The molecule has 0 bridgehead atoms. The number of alkyl halides is 1. The third-order valence-electron chi connectivity index (χ3n) is 2.75. The molecular weight excluding hydrogens is 227 g/mol. The van der Waals surface area contributed by atoms with E-state index >= 15 is 0 Å². The maximum absolute atomic E-state index is 6.53. The number of hydrogen-bond acceptors (Lipinski definition) is 0. The van der Waals surface area contributed by atoms with Gasteiger partial charge in [0.15, 0.2) is 0 Å². The van der Waals surface area contributed by atoms with Crippen molar-refractivity contribution >= 4 is 11.6 Å². The minimum Gasteiger partial charge on any atom is -0.110 e. The van der Waals surface area contributed by atoms with Crippen LogP contribution in [-0.2, 0) is 21.7 Å². The van der Waals surface area contributed by atoms with Crippen molar-refractivity contribution in [2.24, 2.45) is 0 Å². The van der Waals surface area contributed by atoms with Crippen LogP contribution < -0.4 is 0 Å². The van der Waals surface area contributed by atoms with Gasteiger partial charge in [0.05, 0.1) is 4.87 Å². The van der Waals surface area contributed by atoms with Crippen LogP contribution in [0.4, 0.5) is 0 Å². The Morgan fingerprint density at radius 1 is 1.07 bits per heavy atom. The largest absolute Gasteiger partial charge is 0.110 e. The van der Waals surface area contributed by atoms with Crippen molar-refractivity contribution in [1.29, 1.82) is 0 Å². The second-order valence-corrected chi connectivity index (χ2v) is 4.41. The maximum atomic E-state index is 6.53. The molecule has 2 aliphatic rings. The summed E-state index contributed by atoms with van der Waals surface area (Å²) in [5.74, 6) is 0. The number of hydrogen-bond donors (Lipinski definition) is 0. The molecule has 0 fully saturated rings. The molecule has 0 aromatic rings. The Hall–Kier alpha value is -0.0357. The molecule has 0 spiro atoms. The van der Waals surface area contributed by atoms with Gasteiger partial charge in [-0.2, -0.15) is 0 Å². The van der Waals surface area contributed by atoms with Crippen LogP contribution in [0.5, 0.6) is 0 Å². The van der Waals surface area contributed by atoms with Crippen molar-refractivity contribution in [2.75, 3.05) is 0 Å². The van der Waals surface area contributed by atoms with E-state index in [1.54, 1.807) is 0 Å². The van der Waals surface area contributed by atoms with Crippen LogP contribution in [0.2, 0.25) is 0 Å². The molecule has 2 aliphatic carbocycles. The van der Waals surface area contributed by atoms with E-state index in [0.717, 1.165) is 12.8 Å². The van der Waals surface area contributed by atoms with E-state index in [-0.39, 0.29) is 26.6 Å². The third-order valence-corrected chi connectivity index (χ3v) is 3.23. The van der Waals surface area contributed by atoms with Crippen LogP contribution in [0.25, 0.3) is 0 Å². The van der Waals surface area contributed by atoms with E-state index in [2.05, 4.69) is 43.4 Å². The summed E-state index contributed by atoms with van der Waals surface area (Å²) in [6.07, 6.45) is 14.7. The number of halogens is 1. The van der Waals surface area contributed by atoms with Gasteiger partial charge >= 0.3 is 0 Å².